The third kappa shape index (κ3) is 65.8. The molecule has 0 N–H and O–H groups in total. The van der Waals surface area contributed by atoms with E-state index in [4.69, 9.17) is 14.2 Å². The summed E-state index contributed by atoms with van der Waals surface area (Å²) in [5.41, 5.74) is 0. The van der Waals surface area contributed by atoms with Crippen LogP contribution >= 0.6 is 0 Å². The lowest BCUT2D eigenvalue weighted by molar-refractivity contribution is -0.167. The molecule has 0 fully saturated rings. The second-order valence-electron chi connectivity index (χ2n) is 23.4. The Morgan fingerprint density at radius 3 is 0.772 bits per heavy atom. The highest BCUT2D eigenvalue weighted by Gasteiger charge is 2.19. The van der Waals surface area contributed by atoms with Crippen molar-refractivity contribution in [3.8, 4) is 0 Å². The van der Waals surface area contributed by atoms with E-state index in [1.807, 2.05) is 0 Å². The van der Waals surface area contributed by atoms with Crippen molar-refractivity contribution >= 4 is 17.9 Å². The first-order chi connectivity index (χ1) is 39.0. The molecule has 460 valence electrons. The van der Waals surface area contributed by atoms with Crippen molar-refractivity contribution in [3.05, 3.63) is 60.8 Å². The minimum atomic E-state index is -0.774. The summed E-state index contributed by atoms with van der Waals surface area (Å²) in [5.74, 6) is -0.870. The maximum Gasteiger partial charge on any atom is 0.306 e. The van der Waals surface area contributed by atoms with E-state index in [0.29, 0.717) is 19.3 Å². The zero-order valence-electron chi connectivity index (χ0n) is 52.9. The number of rotatable bonds is 64. The van der Waals surface area contributed by atoms with Gasteiger partial charge in [-0.05, 0) is 64.2 Å². The number of hydrogen-bond acceptors (Lipinski definition) is 6. The van der Waals surface area contributed by atoms with Crippen molar-refractivity contribution < 1.29 is 28.6 Å². The van der Waals surface area contributed by atoms with Gasteiger partial charge in [-0.15, -0.1) is 0 Å². The largest absolute Gasteiger partial charge is 0.462 e. The van der Waals surface area contributed by atoms with Crippen LogP contribution in [0.2, 0.25) is 0 Å². The van der Waals surface area contributed by atoms with Gasteiger partial charge in [-0.1, -0.05) is 345 Å². The monoisotopic (exact) mass is 1110 g/mol. The molecule has 0 saturated carbocycles. The molecular formula is C73H132O6. The van der Waals surface area contributed by atoms with Gasteiger partial charge in [0.05, 0.1) is 0 Å². The maximum absolute atomic E-state index is 12.9. The van der Waals surface area contributed by atoms with Gasteiger partial charge in [0.25, 0.3) is 0 Å². The van der Waals surface area contributed by atoms with E-state index in [1.54, 1.807) is 0 Å². The van der Waals surface area contributed by atoms with E-state index in [-0.39, 0.29) is 31.1 Å². The fourth-order valence-electron chi connectivity index (χ4n) is 10.4. The zero-order chi connectivity index (χ0) is 57.1. The summed E-state index contributed by atoms with van der Waals surface area (Å²) in [6.07, 6.45) is 87.3. The van der Waals surface area contributed by atoms with Crippen molar-refractivity contribution in [1.82, 2.24) is 0 Å². The minimum absolute atomic E-state index is 0.0726. The summed E-state index contributed by atoms with van der Waals surface area (Å²) in [6, 6.07) is 0. The summed E-state index contributed by atoms with van der Waals surface area (Å²) < 4.78 is 16.8. The molecule has 0 rings (SSSR count). The summed E-state index contributed by atoms with van der Waals surface area (Å²) in [4.78, 5) is 38.1. The van der Waals surface area contributed by atoms with Crippen molar-refractivity contribution in [2.24, 2.45) is 0 Å². The van der Waals surface area contributed by atoms with E-state index in [1.165, 1.54) is 231 Å². The molecule has 6 nitrogen and oxygen atoms in total. The summed E-state index contributed by atoms with van der Waals surface area (Å²) in [6.45, 7) is 6.52. The van der Waals surface area contributed by atoms with Gasteiger partial charge in [0, 0.05) is 19.3 Å². The van der Waals surface area contributed by atoms with Crippen LogP contribution < -0.4 is 0 Å². The number of unbranched alkanes of at least 4 members (excludes halogenated alkanes) is 43. The Morgan fingerprint density at radius 1 is 0.266 bits per heavy atom. The van der Waals surface area contributed by atoms with Crippen molar-refractivity contribution in [3.63, 3.8) is 0 Å². The molecule has 0 aromatic carbocycles. The minimum Gasteiger partial charge on any atom is -0.462 e. The standard InChI is InChI=1S/C73H132O6/c1-4-7-10-13-16-18-20-22-24-26-28-30-32-34-35-36-37-38-40-41-43-45-47-49-51-53-55-57-60-63-66-72(75)78-69-70(68-77-71(74)65-62-59-15-12-9-6-3)79-73(76)67-64-61-58-56-54-52-50-48-46-44-42-39-33-31-29-27-25-23-21-19-17-14-11-8-5-2/h8,11,17,19,23,25,29,31,39,42,70H,4-7,9-10,12-16,18,20-22,24,26-28,30,32-38,40-41,43-69H2,1-3H3/b11-8-,19-17-,25-23-,31-29-,42-39-. The zero-order valence-corrected chi connectivity index (χ0v) is 52.9. The molecule has 1 unspecified atom stereocenters. The van der Waals surface area contributed by atoms with E-state index in [2.05, 4.69) is 81.5 Å². The highest BCUT2D eigenvalue weighted by Crippen LogP contribution is 2.18. The first-order valence-electron chi connectivity index (χ1n) is 34.8. The van der Waals surface area contributed by atoms with Gasteiger partial charge in [-0.3, -0.25) is 14.4 Å². The Labute approximate surface area is 491 Å². The van der Waals surface area contributed by atoms with Crippen LogP contribution in [0.1, 0.15) is 367 Å². The average molecular weight is 1110 g/mol. The molecule has 0 heterocycles. The summed E-state index contributed by atoms with van der Waals surface area (Å²) in [7, 11) is 0. The quantitative estimate of drug-likeness (QED) is 0.0261. The van der Waals surface area contributed by atoms with Crippen LogP contribution in [0, 0.1) is 0 Å². The van der Waals surface area contributed by atoms with Crippen LogP contribution in [0.3, 0.4) is 0 Å². The second-order valence-corrected chi connectivity index (χ2v) is 23.4. The van der Waals surface area contributed by atoms with Crippen LogP contribution in [0.25, 0.3) is 0 Å². The van der Waals surface area contributed by atoms with E-state index in [0.717, 1.165) is 96.3 Å². The van der Waals surface area contributed by atoms with Crippen LogP contribution in [0.4, 0.5) is 0 Å². The van der Waals surface area contributed by atoms with Gasteiger partial charge in [0.1, 0.15) is 13.2 Å². The van der Waals surface area contributed by atoms with Gasteiger partial charge in [0.15, 0.2) is 6.10 Å². The highest BCUT2D eigenvalue weighted by atomic mass is 16.6. The van der Waals surface area contributed by atoms with E-state index in [9.17, 15) is 14.4 Å². The maximum atomic E-state index is 12.9. The molecule has 0 aliphatic carbocycles. The number of carbonyl (C=O) groups excluding carboxylic acids is 3. The Morgan fingerprint density at radius 2 is 0.494 bits per heavy atom. The van der Waals surface area contributed by atoms with Gasteiger partial charge in [-0.2, -0.15) is 0 Å². The Kier molecular flexibility index (Phi) is 65.1. The van der Waals surface area contributed by atoms with Gasteiger partial charge in [0.2, 0.25) is 0 Å². The third-order valence-corrected chi connectivity index (χ3v) is 15.5. The molecule has 0 aromatic rings. The molecule has 0 aliphatic rings. The summed E-state index contributed by atoms with van der Waals surface area (Å²) >= 11 is 0. The molecule has 0 spiro atoms. The molecule has 1 atom stereocenters. The lowest BCUT2D eigenvalue weighted by Crippen LogP contribution is -2.30. The predicted molar refractivity (Wildman–Crippen MR) is 344 cm³/mol. The van der Waals surface area contributed by atoms with Crippen LogP contribution in [-0.2, 0) is 28.6 Å². The molecular weight excluding hydrogens is 973 g/mol. The summed E-state index contributed by atoms with van der Waals surface area (Å²) in [5, 5.41) is 0. The highest BCUT2D eigenvalue weighted by molar-refractivity contribution is 5.71. The van der Waals surface area contributed by atoms with Crippen molar-refractivity contribution in [2.45, 2.75) is 374 Å². The Bertz CT molecular complexity index is 1410. The molecule has 0 saturated heterocycles. The number of esters is 3. The fraction of sp³-hybridized carbons (Fsp3) is 0.822. The SMILES string of the molecule is CC/C=C\C/C=C\C/C=C\C/C=C\C/C=C\CCCCCCCCCCCC(=O)OC(COC(=O)CCCCCCCC)COC(=O)CCCCCCCCCCCCCCCCCCCCCCCCCCCCCCCC. The van der Waals surface area contributed by atoms with Gasteiger partial charge in [-0.25, -0.2) is 0 Å². The van der Waals surface area contributed by atoms with Crippen LogP contribution in [0.5, 0.6) is 0 Å². The molecule has 0 aliphatic heterocycles. The van der Waals surface area contributed by atoms with Gasteiger partial charge >= 0.3 is 17.9 Å². The second kappa shape index (κ2) is 67.6. The number of allylic oxidation sites excluding steroid dienone is 10. The van der Waals surface area contributed by atoms with Gasteiger partial charge < -0.3 is 14.2 Å². The van der Waals surface area contributed by atoms with Crippen LogP contribution in [-0.4, -0.2) is 37.2 Å². The first kappa shape index (κ1) is 76.1. The Balaban J connectivity index is 4.00. The molecule has 0 bridgehead atoms. The molecule has 79 heavy (non-hydrogen) atoms. The number of ether oxygens (including phenoxy) is 3. The topological polar surface area (TPSA) is 78.9 Å². The molecule has 0 radical (unpaired) electrons. The van der Waals surface area contributed by atoms with E-state index >= 15 is 0 Å². The first-order valence-corrected chi connectivity index (χ1v) is 34.8. The number of carbonyl (C=O) groups is 3. The van der Waals surface area contributed by atoms with Crippen molar-refractivity contribution in [1.29, 1.82) is 0 Å². The average Bonchev–Trinajstić information content (AvgIpc) is 3.45. The predicted octanol–water partition coefficient (Wildman–Crippen LogP) is 23.9. The molecule has 0 amide bonds. The smallest absolute Gasteiger partial charge is 0.306 e. The normalized spacial score (nSPS) is 12.4. The molecule has 0 aromatic heterocycles. The van der Waals surface area contributed by atoms with Crippen LogP contribution in [0.15, 0.2) is 60.8 Å². The third-order valence-electron chi connectivity index (χ3n) is 15.5. The lowest BCUT2D eigenvalue weighted by atomic mass is 10.0. The number of hydrogen-bond donors (Lipinski definition) is 0. The Hall–Kier alpha value is -2.89. The lowest BCUT2D eigenvalue weighted by Gasteiger charge is -2.18. The van der Waals surface area contributed by atoms with Crippen molar-refractivity contribution in [2.75, 3.05) is 13.2 Å². The van der Waals surface area contributed by atoms with E-state index < -0.39 is 6.10 Å². The fourth-order valence-corrected chi connectivity index (χ4v) is 10.4. The molecule has 6 heteroatoms.